The van der Waals surface area contributed by atoms with Gasteiger partial charge in [0.05, 0.1) is 29.7 Å². The number of rotatable bonds is 8. The molecule has 0 aromatic heterocycles. The molecule has 3 rings (SSSR count). The van der Waals surface area contributed by atoms with Gasteiger partial charge in [-0.3, -0.25) is 9.52 Å². The van der Waals surface area contributed by atoms with Crippen LogP contribution in [0.4, 0.5) is 11.4 Å². The summed E-state index contributed by atoms with van der Waals surface area (Å²) in [4.78, 5) is 14.9. The van der Waals surface area contributed by atoms with Crippen LogP contribution in [0.1, 0.15) is 39.7 Å². The summed E-state index contributed by atoms with van der Waals surface area (Å²) in [5.74, 6) is 1.36. The van der Waals surface area contributed by atoms with E-state index in [-0.39, 0.29) is 18.3 Å². The van der Waals surface area contributed by atoms with Crippen LogP contribution in [0.2, 0.25) is 0 Å². The zero-order valence-corrected chi connectivity index (χ0v) is 20.2. The van der Waals surface area contributed by atoms with Crippen molar-refractivity contribution in [2.24, 2.45) is 11.3 Å². The summed E-state index contributed by atoms with van der Waals surface area (Å²) in [7, 11) is -2.12. The Morgan fingerprint density at radius 2 is 1.94 bits per heavy atom. The average Bonchev–Trinajstić information content (AvgIpc) is 2.80. The number of methoxy groups -OCH3 is 1. The van der Waals surface area contributed by atoms with Crippen molar-refractivity contribution in [3.63, 3.8) is 0 Å². The molecule has 1 heterocycles. The van der Waals surface area contributed by atoms with Crippen LogP contribution in [0.15, 0.2) is 42.5 Å². The van der Waals surface area contributed by atoms with Crippen molar-refractivity contribution in [1.29, 1.82) is 0 Å². The number of sulfonamides is 1. The van der Waals surface area contributed by atoms with E-state index in [1.165, 1.54) is 7.11 Å². The molecule has 0 bridgehead atoms. The Bertz CT molecular complexity index is 1080. The minimum Gasteiger partial charge on any atom is -0.497 e. The number of nitrogens with zero attached hydrogens (tertiary/aromatic N) is 1. The number of carbonyl (C=O) groups excluding carboxylic acids is 1. The maximum absolute atomic E-state index is 13.1. The van der Waals surface area contributed by atoms with Gasteiger partial charge in [-0.2, -0.15) is 0 Å². The highest BCUT2D eigenvalue weighted by atomic mass is 32.2. The Labute approximate surface area is 190 Å². The Hall–Kier alpha value is -2.74. The molecule has 0 spiro atoms. The fourth-order valence-electron chi connectivity index (χ4n) is 3.52. The van der Waals surface area contributed by atoms with Gasteiger partial charge in [0.25, 0.3) is 0 Å². The van der Waals surface area contributed by atoms with Crippen LogP contribution in [-0.4, -0.2) is 34.6 Å². The lowest BCUT2D eigenvalue weighted by Crippen LogP contribution is -2.42. The first-order valence-electron chi connectivity index (χ1n) is 10.7. The first-order chi connectivity index (χ1) is 15.0. The number of carbonyl (C=O) groups is 1. The van der Waals surface area contributed by atoms with Crippen molar-refractivity contribution < 1.29 is 22.7 Å². The summed E-state index contributed by atoms with van der Waals surface area (Å²) in [5.41, 5.74) is 0.997. The van der Waals surface area contributed by atoms with E-state index in [1.54, 1.807) is 47.4 Å². The summed E-state index contributed by atoms with van der Waals surface area (Å²) in [6.07, 6.45) is 0.857. The minimum atomic E-state index is -3.66. The number of hydrogen-bond donors (Lipinski definition) is 1. The van der Waals surface area contributed by atoms with Crippen LogP contribution in [0, 0.1) is 11.3 Å². The third-order valence-corrected chi connectivity index (χ3v) is 6.62. The Morgan fingerprint density at radius 3 is 2.62 bits per heavy atom. The lowest BCUT2D eigenvalue weighted by molar-refractivity contribution is -0.127. The second-order valence-electron chi connectivity index (χ2n) is 9.21. The van der Waals surface area contributed by atoms with Gasteiger partial charge < -0.3 is 14.4 Å². The normalized spacial score (nSPS) is 15.7. The van der Waals surface area contributed by atoms with Crippen molar-refractivity contribution >= 4 is 27.3 Å². The number of fused-ring (bicyclic) bond motifs is 1. The first kappa shape index (κ1) is 23.9. The lowest BCUT2D eigenvalue weighted by atomic mass is 9.92. The Balaban J connectivity index is 1.85. The maximum Gasteiger partial charge on any atom is 0.236 e. The molecule has 7 nitrogen and oxygen atoms in total. The molecule has 32 heavy (non-hydrogen) atoms. The third-order valence-electron chi connectivity index (χ3n) is 5.36. The zero-order chi connectivity index (χ0) is 23.5. The molecule has 0 radical (unpaired) electrons. The highest BCUT2D eigenvalue weighted by Gasteiger charge is 2.37. The monoisotopic (exact) mass is 460 g/mol. The van der Waals surface area contributed by atoms with Gasteiger partial charge in [0.2, 0.25) is 15.9 Å². The van der Waals surface area contributed by atoms with E-state index in [1.807, 2.05) is 13.8 Å². The van der Waals surface area contributed by atoms with E-state index in [0.29, 0.717) is 40.9 Å². The van der Waals surface area contributed by atoms with Crippen LogP contribution < -0.4 is 19.1 Å². The van der Waals surface area contributed by atoms with Crippen molar-refractivity contribution in [3.05, 3.63) is 48.0 Å². The fourth-order valence-corrected chi connectivity index (χ4v) is 4.69. The lowest BCUT2D eigenvalue weighted by Gasteiger charge is -2.28. The highest BCUT2D eigenvalue weighted by molar-refractivity contribution is 7.91. The van der Waals surface area contributed by atoms with Gasteiger partial charge in [-0.1, -0.05) is 26.0 Å². The van der Waals surface area contributed by atoms with Crippen LogP contribution >= 0.6 is 0 Å². The quantitative estimate of drug-likeness (QED) is 0.630. The Morgan fingerprint density at radius 1 is 1.19 bits per heavy atom. The molecule has 0 fully saturated rings. The second kappa shape index (κ2) is 9.40. The molecule has 8 heteroatoms. The largest absolute Gasteiger partial charge is 0.497 e. The van der Waals surface area contributed by atoms with Gasteiger partial charge >= 0.3 is 0 Å². The molecular formula is C24H32N2O5S. The smallest absolute Gasteiger partial charge is 0.236 e. The van der Waals surface area contributed by atoms with Gasteiger partial charge in [-0.25, -0.2) is 8.42 Å². The van der Waals surface area contributed by atoms with Crippen LogP contribution in [-0.2, 0) is 20.6 Å². The number of hydrogen-bond acceptors (Lipinski definition) is 5. The minimum absolute atomic E-state index is 0.00301. The van der Waals surface area contributed by atoms with Crippen molar-refractivity contribution in [3.8, 4) is 11.5 Å². The molecule has 0 aliphatic carbocycles. The standard InChI is InChI=1S/C24H32N2O5S/c1-17(2)11-12-26-21-10-9-19(14-22(21)31-16-24(3,4)23(26)27)25-32(28,29)15-18-7-6-8-20(13-18)30-5/h6-10,13-14,17,25H,11-12,15-16H2,1-5H3. The first-order valence-corrected chi connectivity index (χ1v) is 12.4. The molecule has 2 aromatic rings. The van der Waals surface area contributed by atoms with E-state index in [0.717, 1.165) is 6.42 Å². The Kier molecular flexibility index (Phi) is 7.03. The summed E-state index contributed by atoms with van der Waals surface area (Å²) < 4.78 is 39.2. The molecule has 1 aliphatic heterocycles. The highest BCUT2D eigenvalue weighted by Crippen LogP contribution is 2.38. The van der Waals surface area contributed by atoms with Gasteiger partial charge in [0.15, 0.2) is 0 Å². The molecule has 174 valence electrons. The average molecular weight is 461 g/mol. The van der Waals surface area contributed by atoms with Gasteiger partial charge in [-0.15, -0.1) is 0 Å². The number of benzene rings is 2. The van der Waals surface area contributed by atoms with E-state index >= 15 is 0 Å². The van der Waals surface area contributed by atoms with E-state index in [4.69, 9.17) is 9.47 Å². The third kappa shape index (κ3) is 5.73. The molecule has 0 unspecified atom stereocenters. The van der Waals surface area contributed by atoms with Crippen molar-refractivity contribution in [1.82, 2.24) is 0 Å². The van der Waals surface area contributed by atoms with Crippen LogP contribution in [0.25, 0.3) is 0 Å². The summed E-state index contributed by atoms with van der Waals surface area (Å²) >= 11 is 0. The number of anilines is 2. The SMILES string of the molecule is COc1cccc(CS(=O)(=O)Nc2ccc3c(c2)OCC(C)(C)C(=O)N3CCC(C)C)c1. The summed E-state index contributed by atoms with van der Waals surface area (Å²) in [6.45, 7) is 8.76. The zero-order valence-electron chi connectivity index (χ0n) is 19.3. The maximum atomic E-state index is 13.1. The molecule has 2 aromatic carbocycles. The topological polar surface area (TPSA) is 84.9 Å². The summed E-state index contributed by atoms with van der Waals surface area (Å²) in [6, 6.07) is 12.0. The molecule has 0 saturated heterocycles. The van der Waals surface area contributed by atoms with E-state index in [9.17, 15) is 13.2 Å². The number of amides is 1. The van der Waals surface area contributed by atoms with Crippen LogP contribution in [0.5, 0.6) is 11.5 Å². The van der Waals surface area contributed by atoms with E-state index < -0.39 is 15.4 Å². The molecule has 0 saturated carbocycles. The molecular weight excluding hydrogens is 428 g/mol. The van der Waals surface area contributed by atoms with Gasteiger partial charge in [-0.05, 0) is 56.0 Å². The predicted octanol–water partition coefficient (Wildman–Crippen LogP) is 4.43. The van der Waals surface area contributed by atoms with Gasteiger partial charge in [0, 0.05) is 12.6 Å². The molecule has 1 amide bonds. The molecule has 1 N–H and O–H groups in total. The fraction of sp³-hybridized carbons (Fsp3) is 0.458. The summed E-state index contributed by atoms with van der Waals surface area (Å²) in [5, 5.41) is 0. The number of nitrogens with one attached hydrogen (secondary N) is 1. The van der Waals surface area contributed by atoms with Crippen molar-refractivity contribution in [2.45, 2.75) is 39.9 Å². The second-order valence-corrected chi connectivity index (χ2v) is 10.9. The molecule has 1 aliphatic rings. The predicted molar refractivity (Wildman–Crippen MR) is 127 cm³/mol. The van der Waals surface area contributed by atoms with Crippen molar-refractivity contribution in [2.75, 3.05) is 29.9 Å². The van der Waals surface area contributed by atoms with E-state index in [2.05, 4.69) is 18.6 Å². The number of ether oxygens (including phenoxy) is 2. The molecule has 0 atom stereocenters. The van der Waals surface area contributed by atoms with Crippen LogP contribution in [0.3, 0.4) is 0 Å². The van der Waals surface area contributed by atoms with Gasteiger partial charge in [0.1, 0.15) is 18.1 Å².